The number of ether oxygens (including phenoxy) is 2. The summed E-state index contributed by atoms with van der Waals surface area (Å²) in [5, 5.41) is 0.0624. The molecular weight excluding hydrogens is 196 g/mol. The second kappa shape index (κ2) is 4.42. The average molecular weight is 208 g/mol. The van der Waals surface area contributed by atoms with Crippen LogP contribution in [0, 0.1) is 0 Å². The van der Waals surface area contributed by atoms with E-state index in [1.165, 1.54) is 5.56 Å². The van der Waals surface area contributed by atoms with E-state index in [0.717, 1.165) is 6.42 Å². The molecule has 0 spiro atoms. The second-order valence-corrected chi connectivity index (χ2v) is 3.83. The third-order valence-corrected chi connectivity index (χ3v) is 2.51. The zero-order valence-corrected chi connectivity index (χ0v) is 8.56. The van der Waals surface area contributed by atoms with Crippen LogP contribution in [0.4, 0.5) is 0 Å². The molecule has 1 atom stereocenters. The van der Waals surface area contributed by atoms with Crippen LogP contribution in [0.1, 0.15) is 5.56 Å². The summed E-state index contributed by atoms with van der Waals surface area (Å²) in [4.78, 5) is 0. The monoisotopic (exact) mass is 208 g/mol. The van der Waals surface area contributed by atoms with Crippen molar-refractivity contribution in [3.63, 3.8) is 0 Å². The first-order valence-corrected chi connectivity index (χ1v) is 5.06. The van der Waals surface area contributed by atoms with Crippen molar-refractivity contribution >= 4 is 12.6 Å². The van der Waals surface area contributed by atoms with Crippen LogP contribution >= 0.6 is 12.6 Å². The molecule has 0 saturated heterocycles. The van der Waals surface area contributed by atoms with Gasteiger partial charge in [-0.05, 0) is 12.0 Å². The van der Waals surface area contributed by atoms with Gasteiger partial charge in [-0.2, -0.15) is 12.6 Å². The van der Waals surface area contributed by atoms with Gasteiger partial charge in [0.15, 0.2) is 0 Å². The van der Waals surface area contributed by atoms with Crippen LogP contribution in [0.15, 0.2) is 42.9 Å². The van der Waals surface area contributed by atoms with Gasteiger partial charge in [-0.15, -0.1) is 0 Å². The molecule has 1 aromatic rings. The lowest BCUT2D eigenvalue weighted by Crippen LogP contribution is -2.23. The van der Waals surface area contributed by atoms with Crippen LogP contribution in [0.25, 0.3) is 0 Å². The SMILES string of the molecule is SC(Cc1ccccc1)C1OC=CO1. The first kappa shape index (κ1) is 9.46. The summed E-state index contributed by atoms with van der Waals surface area (Å²) in [5.74, 6) is 0. The van der Waals surface area contributed by atoms with Crippen LogP contribution in [0.2, 0.25) is 0 Å². The lowest BCUT2D eigenvalue weighted by atomic mass is 10.1. The fourth-order valence-corrected chi connectivity index (χ4v) is 1.74. The lowest BCUT2D eigenvalue weighted by Gasteiger charge is -2.17. The molecule has 0 fully saturated rings. The molecule has 0 saturated carbocycles. The topological polar surface area (TPSA) is 18.5 Å². The van der Waals surface area contributed by atoms with Gasteiger partial charge >= 0.3 is 0 Å². The molecule has 0 amide bonds. The zero-order chi connectivity index (χ0) is 9.80. The van der Waals surface area contributed by atoms with E-state index in [4.69, 9.17) is 9.47 Å². The Kier molecular flexibility index (Phi) is 2.99. The molecule has 14 heavy (non-hydrogen) atoms. The molecule has 1 heterocycles. The van der Waals surface area contributed by atoms with E-state index in [1.807, 2.05) is 18.2 Å². The molecule has 2 rings (SSSR count). The molecule has 74 valence electrons. The minimum atomic E-state index is -0.251. The summed E-state index contributed by atoms with van der Waals surface area (Å²) in [5.41, 5.74) is 1.24. The van der Waals surface area contributed by atoms with Crippen molar-refractivity contribution < 1.29 is 9.47 Å². The first-order valence-electron chi connectivity index (χ1n) is 4.54. The second-order valence-electron chi connectivity index (χ2n) is 3.17. The van der Waals surface area contributed by atoms with E-state index in [9.17, 15) is 0 Å². The maximum atomic E-state index is 5.21. The third kappa shape index (κ3) is 2.23. The highest BCUT2D eigenvalue weighted by molar-refractivity contribution is 7.81. The molecule has 0 bridgehead atoms. The standard InChI is InChI=1S/C11H12O2S/c14-10(11-12-6-7-13-11)8-9-4-2-1-3-5-9/h1-7,10-11,14H,8H2. The number of hydrogen-bond donors (Lipinski definition) is 1. The van der Waals surface area contributed by atoms with Gasteiger partial charge in [0.2, 0.25) is 0 Å². The smallest absolute Gasteiger partial charge is 0.251 e. The Labute approximate surface area is 88.9 Å². The molecule has 0 aliphatic carbocycles. The van der Waals surface area contributed by atoms with Crippen molar-refractivity contribution in [2.24, 2.45) is 0 Å². The van der Waals surface area contributed by atoms with Gasteiger partial charge in [-0.1, -0.05) is 30.3 Å². The van der Waals surface area contributed by atoms with Crippen molar-refractivity contribution in [3.8, 4) is 0 Å². The molecule has 3 heteroatoms. The number of thiol groups is 1. The molecule has 0 N–H and O–H groups in total. The Morgan fingerprint density at radius 3 is 2.43 bits per heavy atom. The van der Waals surface area contributed by atoms with Gasteiger partial charge in [0.05, 0.1) is 5.25 Å². The van der Waals surface area contributed by atoms with E-state index in [-0.39, 0.29) is 11.5 Å². The van der Waals surface area contributed by atoms with Gasteiger partial charge in [0, 0.05) is 0 Å². The van der Waals surface area contributed by atoms with Crippen LogP contribution < -0.4 is 0 Å². The Bertz CT molecular complexity index is 302. The maximum Gasteiger partial charge on any atom is 0.251 e. The fraction of sp³-hybridized carbons (Fsp3) is 0.273. The molecule has 0 aromatic heterocycles. The third-order valence-electron chi connectivity index (χ3n) is 2.08. The van der Waals surface area contributed by atoms with Gasteiger partial charge in [0.25, 0.3) is 6.29 Å². The number of hydrogen-bond acceptors (Lipinski definition) is 3. The van der Waals surface area contributed by atoms with E-state index in [1.54, 1.807) is 12.5 Å². The van der Waals surface area contributed by atoms with Gasteiger partial charge in [0.1, 0.15) is 12.5 Å². The fourth-order valence-electron chi connectivity index (χ4n) is 1.38. The highest BCUT2D eigenvalue weighted by Gasteiger charge is 2.22. The van der Waals surface area contributed by atoms with Gasteiger partial charge in [-0.3, -0.25) is 0 Å². The van der Waals surface area contributed by atoms with Crippen molar-refractivity contribution in [1.29, 1.82) is 0 Å². The van der Waals surface area contributed by atoms with E-state index in [2.05, 4.69) is 24.8 Å². The highest BCUT2D eigenvalue weighted by Crippen LogP contribution is 2.18. The Morgan fingerprint density at radius 2 is 1.79 bits per heavy atom. The van der Waals surface area contributed by atoms with Crippen molar-refractivity contribution in [3.05, 3.63) is 48.4 Å². The first-order chi connectivity index (χ1) is 6.86. The van der Waals surface area contributed by atoms with Gasteiger partial charge < -0.3 is 9.47 Å². The zero-order valence-electron chi connectivity index (χ0n) is 7.67. The largest absolute Gasteiger partial charge is 0.458 e. The molecular formula is C11H12O2S. The summed E-state index contributed by atoms with van der Waals surface area (Å²) in [6.07, 6.45) is 3.70. The number of rotatable bonds is 3. The van der Waals surface area contributed by atoms with Crippen LogP contribution in [0.3, 0.4) is 0 Å². The predicted octanol–water partition coefficient (Wildman–Crippen LogP) is 2.37. The summed E-state index contributed by atoms with van der Waals surface area (Å²) >= 11 is 4.45. The Morgan fingerprint density at radius 1 is 1.14 bits per heavy atom. The van der Waals surface area contributed by atoms with Crippen molar-refractivity contribution in [2.45, 2.75) is 18.0 Å². The average Bonchev–Trinajstić information content (AvgIpc) is 2.72. The number of benzene rings is 1. The summed E-state index contributed by atoms with van der Waals surface area (Å²) in [6, 6.07) is 10.2. The minimum absolute atomic E-state index is 0.0624. The molecule has 1 aliphatic rings. The molecule has 2 nitrogen and oxygen atoms in total. The summed E-state index contributed by atoms with van der Waals surface area (Å²) < 4.78 is 10.4. The van der Waals surface area contributed by atoms with Crippen LogP contribution in [-0.4, -0.2) is 11.5 Å². The normalized spacial score (nSPS) is 17.5. The summed E-state index contributed by atoms with van der Waals surface area (Å²) in [6.45, 7) is 0. The molecule has 0 radical (unpaired) electrons. The van der Waals surface area contributed by atoms with Crippen molar-refractivity contribution in [2.75, 3.05) is 0 Å². The molecule has 1 aromatic carbocycles. The Balaban J connectivity index is 1.91. The quantitative estimate of drug-likeness (QED) is 0.769. The van der Waals surface area contributed by atoms with E-state index < -0.39 is 0 Å². The van der Waals surface area contributed by atoms with Crippen LogP contribution in [-0.2, 0) is 15.9 Å². The maximum absolute atomic E-state index is 5.21. The van der Waals surface area contributed by atoms with Gasteiger partial charge in [-0.25, -0.2) is 0 Å². The highest BCUT2D eigenvalue weighted by atomic mass is 32.1. The van der Waals surface area contributed by atoms with E-state index >= 15 is 0 Å². The lowest BCUT2D eigenvalue weighted by molar-refractivity contribution is -0.0222. The van der Waals surface area contributed by atoms with Crippen molar-refractivity contribution in [1.82, 2.24) is 0 Å². The van der Waals surface area contributed by atoms with Crippen LogP contribution in [0.5, 0.6) is 0 Å². The Hall–Kier alpha value is -1.09. The molecule has 1 aliphatic heterocycles. The predicted molar refractivity (Wildman–Crippen MR) is 58.0 cm³/mol. The molecule has 1 unspecified atom stereocenters. The summed E-state index contributed by atoms with van der Waals surface area (Å²) in [7, 11) is 0. The minimum Gasteiger partial charge on any atom is -0.458 e. The van der Waals surface area contributed by atoms with E-state index in [0.29, 0.717) is 0 Å².